The summed E-state index contributed by atoms with van der Waals surface area (Å²) >= 11 is 7.26. The SMILES string of the molecule is COc1ccc(CNc2nccnc2C(C)N2C=C(OC[C@]34CCCN3CC(F)(F)C4)Oc3c(F)c(-c4nc(N(Cc5ccc(OC)cc5)Cc5ccc(OC)cc5)cc(C)c4C(F)(F)F)c(Cl)c4c3=C2NCN=4)cc1. The van der Waals surface area contributed by atoms with Crippen molar-refractivity contribution in [1.29, 1.82) is 0 Å². The summed E-state index contributed by atoms with van der Waals surface area (Å²) in [4.78, 5) is 23.8. The lowest BCUT2D eigenvalue weighted by Crippen LogP contribution is -2.45. The molecular weight excluding hydrogens is 1020 g/mol. The molecule has 6 heterocycles. The van der Waals surface area contributed by atoms with E-state index < -0.39 is 70.1 Å². The van der Waals surface area contributed by atoms with Crippen LogP contribution in [0.1, 0.15) is 65.7 Å². The second-order valence-electron chi connectivity index (χ2n) is 19.2. The van der Waals surface area contributed by atoms with Gasteiger partial charge in [0.1, 0.15) is 53.7 Å². The smallest absolute Gasteiger partial charge is 0.418 e. The molecule has 398 valence electrons. The van der Waals surface area contributed by atoms with E-state index in [4.69, 9.17) is 40.3 Å². The van der Waals surface area contributed by atoms with Gasteiger partial charge < -0.3 is 44.1 Å². The summed E-state index contributed by atoms with van der Waals surface area (Å²) in [5.74, 6) is -2.63. The van der Waals surface area contributed by atoms with Crippen LogP contribution >= 0.6 is 11.6 Å². The topological polar surface area (TPSA) is 131 Å². The zero-order valence-electron chi connectivity index (χ0n) is 42.2. The Bertz CT molecular complexity index is 3250. The van der Waals surface area contributed by atoms with Gasteiger partial charge in [0, 0.05) is 38.4 Å². The summed E-state index contributed by atoms with van der Waals surface area (Å²) in [6, 6.07) is 22.4. The molecular formula is C55H54ClF6N9O5. The third kappa shape index (κ3) is 10.3. The first-order valence-electron chi connectivity index (χ1n) is 24.5. The van der Waals surface area contributed by atoms with Crippen LogP contribution in [0.3, 0.4) is 0 Å². The van der Waals surface area contributed by atoms with E-state index in [-0.39, 0.29) is 60.1 Å². The van der Waals surface area contributed by atoms with Crippen molar-refractivity contribution in [3.63, 3.8) is 0 Å². The molecule has 4 aliphatic heterocycles. The zero-order valence-corrected chi connectivity index (χ0v) is 43.0. The Balaban J connectivity index is 1.12. The van der Waals surface area contributed by atoms with Crippen LogP contribution in [0.5, 0.6) is 23.0 Å². The first-order valence-corrected chi connectivity index (χ1v) is 24.9. The maximum absolute atomic E-state index is 18.3. The minimum Gasteiger partial charge on any atom is -0.497 e. The molecule has 10 rings (SSSR count). The summed E-state index contributed by atoms with van der Waals surface area (Å²) in [5.41, 5.74) is -1.20. The lowest BCUT2D eigenvalue weighted by molar-refractivity contribution is -0.137. The van der Waals surface area contributed by atoms with Gasteiger partial charge in [0.05, 0.1) is 78.1 Å². The van der Waals surface area contributed by atoms with Gasteiger partial charge >= 0.3 is 12.1 Å². The summed E-state index contributed by atoms with van der Waals surface area (Å²) in [7, 11) is 4.66. The molecule has 21 heteroatoms. The number of benzene rings is 4. The number of aryl methyl sites for hydroxylation is 1. The molecule has 4 aromatic carbocycles. The van der Waals surface area contributed by atoms with E-state index in [0.29, 0.717) is 54.7 Å². The molecule has 2 aromatic heterocycles. The van der Waals surface area contributed by atoms with Gasteiger partial charge in [-0.05, 0) is 98.0 Å². The number of methoxy groups -OCH3 is 3. The number of anilines is 2. The largest absolute Gasteiger partial charge is 0.497 e. The molecule has 76 heavy (non-hydrogen) atoms. The number of halogens is 7. The third-order valence-corrected chi connectivity index (χ3v) is 14.6. The molecule has 2 atom stereocenters. The minimum atomic E-state index is -5.07. The Morgan fingerprint density at radius 3 is 2.13 bits per heavy atom. The van der Waals surface area contributed by atoms with Crippen LogP contribution < -0.4 is 45.1 Å². The predicted octanol–water partition coefficient (Wildman–Crippen LogP) is 9.89. The molecule has 6 aromatic rings. The highest BCUT2D eigenvalue weighted by Crippen LogP contribution is 2.48. The van der Waals surface area contributed by atoms with Gasteiger partial charge in [-0.3, -0.25) is 14.9 Å². The number of alkyl halides is 5. The van der Waals surface area contributed by atoms with Gasteiger partial charge in [-0.1, -0.05) is 48.0 Å². The van der Waals surface area contributed by atoms with Crippen molar-refractivity contribution in [3.05, 3.63) is 158 Å². The van der Waals surface area contributed by atoms with Crippen LogP contribution in [0.25, 0.3) is 17.1 Å². The highest BCUT2D eigenvalue weighted by atomic mass is 35.5. The van der Waals surface area contributed by atoms with Crippen LogP contribution in [0, 0.1) is 12.7 Å². The van der Waals surface area contributed by atoms with Gasteiger partial charge in [0.15, 0.2) is 11.6 Å². The highest BCUT2D eigenvalue weighted by molar-refractivity contribution is 6.33. The number of aromatic nitrogens is 3. The highest BCUT2D eigenvalue weighted by Gasteiger charge is 2.57. The summed E-state index contributed by atoms with van der Waals surface area (Å²) in [6.45, 7) is 3.31. The Labute approximate surface area is 439 Å². The second-order valence-corrected chi connectivity index (χ2v) is 19.5. The molecule has 0 saturated carbocycles. The van der Waals surface area contributed by atoms with E-state index in [1.54, 1.807) is 67.2 Å². The van der Waals surface area contributed by atoms with Crippen molar-refractivity contribution in [2.75, 3.05) is 57.9 Å². The fraction of sp³-hybridized carbons (Fsp3) is 0.345. The molecule has 4 aliphatic rings. The Hall–Kier alpha value is -7.45. The molecule has 2 fully saturated rings. The number of nitrogens with one attached hydrogen (secondary N) is 2. The van der Waals surface area contributed by atoms with Crippen molar-refractivity contribution in [2.45, 2.75) is 76.4 Å². The third-order valence-electron chi connectivity index (χ3n) is 14.2. The van der Waals surface area contributed by atoms with Crippen LogP contribution in [-0.2, 0) is 30.5 Å². The van der Waals surface area contributed by atoms with Gasteiger partial charge in [0.25, 0.3) is 5.92 Å². The molecule has 1 unspecified atom stereocenters. The number of fused-ring (bicyclic) bond motifs is 1. The molecule has 2 saturated heterocycles. The molecule has 2 N–H and O–H groups in total. The first-order chi connectivity index (χ1) is 36.5. The van der Waals surface area contributed by atoms with E-state index in [1.807, 2.05) is 48.5 Å². The molecule has 0 radical (unpaired) electrons. The summed E-state index contributed by atoms with van der Waals surface area (Å²) in [6.07, 6.45) is 0.00219. The Kier molecular flexibility index (Phi) is 14.3. The monoisotopic (exact) mass is 1070 g/mol. The Morgan fingerprint density at radius 1 is 0.895 bits per heavy atom. The van der Waals surface area contributed by atoms with Crippen molar-refractivity contribution >= 4 is 29.1 Å². The summed E-state index contributed by atoms with van der Waals surface area (Å²) < 4.78 is 124. The van der Waals surface area contributed by atoms with Crippen molar-refractivity contribution < 1.29 is 50.0 Å². The van der Waals surface area contributed by atoms with E-state index in [1.165, 1.54) is 31.6 Å². The number of hydrogen-bond acceptors (Lipinski definition) is 14. The normalized spacial score (nSPS) is 18.0. The number of pyridine rings is 1. The minimum absolute atomic E-state index is 0.0361. The number of hydrogen-bond donors (Lipinski definition) is 2. The van der Waals surface area contributed by atoms with Crippen LogP contribution in [0.2, 0.25) is 5.02 Å². The maximum atomic E-state index is 18.3. The molecule has 0 amide bonds. The van der Waals surface area contributed by atoms with Crippen LogP contribution in [0.4, 0.5) is 38.0 Å². The standard InChI is InChI=1S/C55H54ClF6N9O5/c1-32-23-40(69(25-35-9-15-38(73-4)16-10-35)26-36-11-17-39(74-5)18-12-36)68-48(44(32)55(60,61)62)42-45(56)49-43-50(46(42)57)76-41(75-30-53-19-6-22-70(53)29-54(58,59)28-53)27-71(52(43)67-31-66-49)33(2)47-51(64-21-20-63-47)65-24-34-7-13-37(72-3)14-8-34/h7-18,20-21,23,27,33,67H,6,19,22,24-26,28-31H2,1-5H3,(H,64,65)/t33?,53-/m1/s1. The maximum Gasteiger partial charge on any atom is 0.418 e. The fourth-order valence-corrected chi connectivity index (χ4v) is 10.8. The van der Waals surface area contributed by atoms with E-state index >= 15 is 26.3 Å². The average Bonchev–Trinajstić information content (AvgIpc) is 3.93. The fourth-order valence-electron chi connectivity index (χ4n) is 10.5. The zero-order chi connectivity index (χ0) is 53.5. The Morgan fingerprint density at radius 2 is 1.51 bits per heavy atom. The number of nitrogens with zero attached hydrogens (tertiary/aromatic N) is 7. The second kappa shape index (κ2) is 20.9. The van der Waals surface area contributed by atoms with E-state index in [0.717, 1.165) is 16.7 Å². The van der Waals surface area contributed by atoms with Crippen LogP contribution in [0.15, 0.2) is 108 Å². The predicted molar refractivity (Wildman–Crippen MR) is 273 cm³/mol. The van der Waals surface area contributed by atoms with Gasteiger partial charge in [-0.2, -0.15) is 13.2 Å². The molecule has 0 spiro atoms. The molecule has 14 nitrogen and oxygen atoms in total. The van der Waals surface area contributed by atoms with E-state index in [9.17, 15) is 0 Å². The van der Waals surface area contributed by atoms with Gasteiger partial charge in [-0.25, -0.2) is 23.1 Å². The van der Waals surface area contributed by atoms with Crippen molar-refractivity contribution in [3.8, 4) is 34.3 Å². The van der Waals surface area contributed by atoms with Crippen molar-refractivity contribution in [1.82, 2.24) is 30.1 Å². The lowest BCUT2D eigenvalue weighted by atomic mass is 9.94. The van der Waals surface area contributed by atoms with Crippen molar-refractivity contribution in [2.24, 2.45) is 4.99 Å². The summed E-state index contributed by atoms with van der Waals surface area (Å²) in [5, 5.41) is 5.99. The van der Waals surface area contributed by atoms with Gasteiger partial charge in [-0.15, -0.1) is 0 Å². The number of rotatable bonds is 17. The number of ether oxygens (including phenoxy) is 5. The molecule has 0 bridgehead atoms. The molecule has 0 aliphatic carbocycles. The van der Waals surface area contributed by atoms with Crippen LogP contribution in [-0.4, -0.2) is 83.9 Å². The van der Waals surface area contributed by atoms with E-state index in [2.05, 4.69) is 25.6 Å². The first kappa shape index (κ1) is 52.0. The quantitative estimate of drug-likeness (QED) is 0.0842. The van der Waals surface area contributed by atoms with Gasteiger partial charge in [0.2, 0.25) is 0 Å². The average molecular weight is 1070 g/mol. The lowest BCUT2D eigenvalue weighted by Gasteiger charge is -2.32.